The van der Waals surface area contributed by atoms with Gasteiger partial charge in [0.25, 0.3) is 5.56 Å². The molecule has 33 heavy (non-hydrogen) atoms. The Morgan fingerprint density at radius 2 is 1.94 bits per heavy atom. The third-order valence-corrected chi connectivity index (χ3v) is 6.22. The summed E-state index contributed by atoms with van der Waals surface area (Å²) in [5.74, 6) is 0.530. The van der Waals surface area contributed by atoms with Gasteiger partial charge in [0.2, 0.25) is 11.9 Å². The van der Waals surface area contributed by atoms with Gasteiger partial charge in [-0.3, -0.25) is 14.6 Å². The molecule has 5 rings (SSSR count). The van der Waals surface area contributed by atoms with E-state index >= 15 is 0 Å². The van der Waals surface area contributed by atoms with Gasteiger partial charge in [-0.2, -0.15) is 9.78 Å². The third-order valence-electron chi connectivity index (χ3n) is 5.33. The van der Waals surface area contributed by atoms with Crippen molar-refractivity contribution in [2.45, 2.75) is 19.8 Å². The number of benzene rings is 2. The molecule has 3 heterocycles. The van der Waals surface area contributed by atoms with Crippen LogP contribution in [0.15, 0.2) is 76.9 Å². The second kappa shape index (κ2) is 8.84. The Bertz CT molecular complexity index is 1500. The van der Waals surface area contributed by atoms with Crippen LogP contribution in [0.25, 0.3) is 27.3 Å². The molecule has 0 unspecified atom stereocenters. The molecule has 0 aliphatic heterocycles. The molecule has 8 heteroatoms. The maximum absolute atomic E-state index is 13.1. The van der Waals surface area contributed by atoms with Gasteiger partial charge in [0.1, 0.15) is 11.5 Å². The predicted molar refractivity (Wildman–Crippen MR) is 131 cm³/mol. The standard InChI is InChI=1S/C25H21N5O2S/c1-2-18-14-24(32)28-25(26-18)30-22(15-20(29-30)21-11-6-12-33-21)27-23(31)13-17-9-5-8-16-7-3-4-10-19(16)17/h3-12,14-15H,2,13H2,1H3,(H,27,31)(H,26,28,32). The van der Waals surface area contributed by atoms with Crippen LogP contribution in [0.4, 0.5) is 5.82 Å². The van der Waals surface area contributed by atoms with Crippen LogP contribution in [0.1, 0.15) is 18.2 Å². The van der Waals surface area contributed by atoms with E-state index in [1.807, 2.05) is 66.9 Å². The normalized spacial score (nSPS) is 11.1. The number of fused-ring (bicyclic) bond motifs is 1. The number of aromatic amines is 1. The molecule has 7 nitrogen and oxygen atoms in total. The van der Waals surface area contributed by atoms with E-state index in [4.69, 9.17) is 0 Å². The molecule has 164 valence electrons. The van der Waals surface area contributed by atoms with Gasteiger partial charge >= 0.3 is 0 Å². The van der Waals surface area contributed by atoms with E-state index in [1.54, 1.807) is 17.4 Å². The van der Waals surface area contributed by atoms with E-state index in [0.717, 1.165) is 21.2 Å². The first-order chi connectivity index (χ1) is 16.1. The fraction of sp³-hybridized carbons (Fsp3) is 0.120. The number of anilines is 1. The third kappa shape index (κ3) is 4.33. The van der Waals surface area contributed by atoms with Gasteiger partial charge in [-0.15, -0.1) is 11.3 Å². The summed E-state index contributed by atoms with van der Waals surface area (Å²) in [6.45, 7) is 1.93. The first kappa shape index (κ1) is 20.8. The molecule has 0 bridgehead atoms. The van der Waals surface area contributed by atoms with E-state index < -0.39 is 0 Å². The Kier molecular flexibility index (Phi) is 5.58. The minimum atomic E-state index is -0.266. The zero-order valence-corrected chi connectivity index (χ0v) is 18.7. The molecular weight excluding hydrogens is 434 g/mol. The number of carbonyl (C=O) groups is 1. The highest BCUT2D eigenvalue weighted by atomic mass is 32.1. The van der Waals surface area contributed by atoms with Gasteiger partial charge in [0.15, 0.2) is 0 Å². The van der Waals surface area contributed by atoms with Crippen molar-refractivity contribution in [2.24, 2.45) is 0 Å². The lowest BCUT2D eigenvalue weighted by Gasteiger charge is -2.10. The molecule has 0 atom stereocenters. The summed E-state index contributed by atoms with van der Waals surface area (Å²) < 4.78 is 1.48. The minimum absolute atomic E-state index is 0.181. The summed E-state index contributed by atoms with van der Waals surface area (Å²) in [7, 11) is 0. The molecule has 5 aromatic rings. The first-order valence-electron chi connectivity index (χ1n) is 10.6. The fourth-order valence-corrected chi connectivity index (χ4v) is 4.44. The lowest BCUT2D eigenvalue weighted by atomic mass is 10.0. The number of hydrogen-bond acceptors (Lipinski definition) is 5. The first-order valence-corrected chi connectivity index (χ1v) is 11.5. The van der Waals surface area contributed by atoms with Crippen molar-refractivity contribution in [1.29, 1.82) is 0 Å². The van der Waals surface area contributed by atoms with Crippen molar-refractivity contribution in [1.82, 2.24) is 19.7 Å². The number of thiophene rings is 1. The van der Waals surface area contributed by atoms with Gasteiger partial charge < -0.3 is 5.32 Å². The molecule has 2 N–H and O–H groups in total. The number of carbonyl (C=O) groups excluding carboxylic acids is 1. The summed E-state index contributed by atoms with van der Waals surface area (Å²) in [5, 5.41) is 11.7. The van der Waals surface area contributed by atoms with Crippen LogP contribution in [0.2, 0.25) is 0 Å². The molecular formula is C25H21N5O2S. The van der Waals surface area contributed by atoms with Crippen molar-refractivity contribution < 1.29 is 4.79 Å². The molecule has 0 saturated heterocycles. The van der Waals surface area contributed by atoms with Crippen LogP contribution in [-0.4, -0.2) is 25.7 Å². The number of H-pyrrole nitrogens is 1. The van der Waals surface area contributed by atoms with E-state index in [1.165, 1.54) is 10.7 Å². The van der Waals surface area contributed by atoms with Crippen molar-refractivity contribution in [2.75, 3.05) is 5.32 Å². The monoisotopic (exact) mass is 455 g/mol. The Labute approximate surface area is 193 Å². The number of amides is 1. The van der Waals surface area contributed by atoms with Crippen LogP contribution in [0.3, 0.4) is 0 Å². The lowest BCUT2D eigenvalue weighted by molar-refractivity contribution is -0.115. The molecule has 0 radical (unpaired) electrons. The van der Waals surface area contributed by atoms with Crippen LogP contribution in [0.5, 0.6) is 0 Å². The smallest absolute Gasteiger partial charge is 0.252 e. The maximum atomic E-state index is 13.1. The predicted octanol–water partition coefficient (Wildman–Crippen LogP) is 4.58. The molecule has 1 amide bonds. The average molecular weight is 456 g/mol. The second-order valence-electron chi connectivity index (χ2n) is 7.58. The van der Waals surface area contributed by atoms with Crippen LogP contribution in [0, 0.1) is 0 Å². The van der Waals surface area contributed by atoms with Crippen molar-refractivity contribution >= 4 is 33.8 Å². The topological polar surface area (TPSA) is 92.7 Å². The van der Waals surface area contributed by atoms with Gasteiger partial charge in [0.05, 0.1) is 11.3 Å². The summed E-state index contributed by atoms with van der Waals surface area (Å²) in [6, 6.07) is 21.1. The Morgan fingerprint density at radius 1 is 1.09 bits per heavy atom. The molecule has 3 aromatic heterocycles. The molecule has 2 aromatic carbocycles. The van der Waals surface area contributed by atoms with Crippen LogP contribution >= 0.6 is 11.3 Å². The number of rotatable bonds is 6. The number of aromatic nitrogens is 4. The highest BCUT2D eigenvalue weighted by Crippen LogP contribution is 2.27. The number of nitrogens with zero attached hydrogens (tertiary/aromatic N) is 3. The Balaban J connectivity index is 1.51. The average Bonchev–Trinajstić information content (AvgIpc) is 3.49. The summed E-state index contributed by atoms with van der Waals surface area (Å²) >= 11 is 1.55. The molecule has 0 aliphatic carbocycles. The van der Waals surface area contributed by atoms with E-state index in [2.05, 4.69) is 20.4 Å². The lowest BCUT2D eigenvalue weighted by Crippen LogP contribution is -2.20. The Morgan fingerprint density at radius 3 is 2.76 bits per heavy atom. The largest absolute Gasteiger partial charge is 0.310 e. The second-order valence-corrected chi connectivity index (χ2v) is 8.53. The molecule has 0 saturated carbocycles. The molecule has 0 fully saturated rings. The highest BCUT2D eigenvalue weighted by molar-refractivity contribution is 7.13. The SMILES string of the molecule is CCc1cc(=O)[nH]c(-n2nc(-c3cccs3)cc2NC(=O)Cc2cccc3ccccc23)n1. The van der Waals surface area contributed by atoms with Crippen LogP contribution < -0.4 is 10.9 Å². The zero-order valence-electron chi connectivity index (χ0n) is 17.9. The number of aryl methyl sites for hydroxylation is 1. The summed E-state index contributed by atoms with van der Waals surface area (Å²) in [6.07, 6.45) is 0.818. The Hall–Kier alpha value is -4.04. The molecule has 0 spiro atoms. The summed E-state index contributed by atoms with van der Waals surface area (Å²) in [4.78, 5) is 33.4. The van der Waals surface area contributed by atoms with E-state index in [0.29, 0.717) is 23.6 Å². The van der Waals surface area contributed by atoms with E-state index in [9.17, 15) is 9.59 Å². The van der Waals surface area contributed by atoms with Gasteiger partial charge in [0, 0.05) is 17.8 Å². The van der Waals surface area contributed by atoms with Gasteiger partial charge in [-0.05, 0) is 34.2 Å². The molecule has 0 aliphatic rings. The van der Waals surface area contributed by atoms with Crippen molar-refractivity contribution in [3.05, 3.63) is 93.7 Å². The van der Waals surface area contributed by atoms with Crippen molar-refractivity contribution in [3.63, 3.8) is 0 Å². The summed E-state index contributed by atoms with van der Waals surface area (Å²) in [5.41, 5.74) is 2.01. The zero-order chi connectivity index (χ0) is 22.8. The maximum Gasteiger partial charge on any atom is 0.252 e. The fourth-order valence-electron chi connectivity index (χ4n) is 3.76. The van der Waals surface area contributed by atoms with Gasteiger partial charge in [-0.25, -0.2) is 4.98 Å². The number of nitrogens with one attached hydrogen (secondary N) is 2. The van der Waals surface area contributed by atoms with Crippen molar-refractivity contribution in [3.8, 4) is 16.5 Å². The highest BCUT2D eigenvalue weighted by Gasteiger charge is 2.17. The quantitative estimate of drug-likeness (QED) is 0.392. The minimum Gasteiger partial charge on any atom is -0.310 e. The van der Waals surface area contributed by atoms with Gasteiger partial charge in [-0.1, -0.05) is 55.5 Å². The van der Waals surface area contributed by atoms with Crippen LogP contribution in [-0.2, 0) is 17.6 Å². The van der Waals surface area contributed by atoms with E-state index in [-0.39, 0.29) is 23.8 Å². The number of hydrogen-bond donors (Lipinski definition) is 2.